The van der Waals surface area contributed by atoms with E-state index >= 15 is 0 Å². The molecule has 0 saturated carbocycles. The van der Waals surface area contributed by atoms with E-state index in [2.05, 4.69) is 5.32 Å². The van der Waals surface area contributed by atoms with Gasteiger partial charge in [-0.15, -0.1) is 0 Å². The lowest BCUT2D eigenvalue weighted by Crippen LogP contribution is -2.10. The van der Waals surface area contributed by atoms with Crippen LogP contribution in [-0.4, -0.2) is 5.97 Å². The topological polar surface area (TPSA) is 38.3 Å². The average molecular weight is 289 g/mol. The summed E-state index contributed by atoms with van der Waals surface area (Å²) in [6.45, 7) is 0. The van der Waals surface area contributed by atoms with Gasteiger partial charge < -0.3 is 10.1 Å². The standard InChI is InChI=1S/C19H15NO2/c21-19(22-16-11-5-2-6-12-16)17-13-7-8-14-18(17)20-15-9-3-1-4-10-15/h1-14,20H. The SMILES string of the molecule is O=C(Oc1ccccc1)c1ccccc1Nc1ccccc1. The Kier molecular flexibility index (Phi) is 4.16. The van der Waals surface area contributed by atoms with E-state index in [1.54, 1.807) is 18.2 Å². The number of para-hydroxylation sites is 3. The van der Waals surface area contributed by atoms with Crippen LogP contribution in [0.15, 0.2) is 84.9 Å². The van der Waals surface area contributed by atoms with Crippen LogP contribution in [0.25, 0.3) is 0 Å². The van der Waals surface area contributed by atoms with Crippen molar-refractivity contribution >= 4 is 17.3 Å². The van der Waals surface area contributed by atoms with Crippen molar-refractivity contribution in [3.8, 4) is 5.75 Å². The summed E-state index contributed by atoms with van der Waals surface area (Å²) in [4.78, 5) is 12.4. The molecule has 1 N–H and O–H groups in total. The molecule has 0 aliphatic heterocycles. The molecule has 108 valence electrons. The first-order valence-electron chi connectivity index (χ1n) is 7.01. The summed E-state index contributed by atoms with van der Waals surface area (Å²) < 4.78 is 5.40. The number of benzene rings is 3. The Labute approximate surface area is 129 Å². The zero-order valence-electron chi connectivity index (χ0n) is 11.9. The van der Waals surface area contributed by atoms with Crippen molar-refractivity contribution < 1.29 is 9.53 Å². The van der Waals surface area contributed by atoms with Crippen LogP contribution >= 0.6 is 0 Å². The highest BCUT2D eigenvalue weighted by atomic mass is 16.5. The molecule has 0 amide bonds. The number of anilines is 2. The molecule has 0 spiro atoms. The molecule has 22 heavy (non-hydrogen) atoms. The van der Waals surface area contributed by atoms with Crippen molar-refractivity contribution in [3.05, 3.63) is 90.5 Å². The maximum absolute atomic E-state index is 12.4. The number of esters is 1. The van der Waals surface area contributed by atoms with Gasteiger partial charge in [-0.3, -0.25) is 0 Å². The van der Waals surface area contributed by atoms with E-state index in [9.17, 15) is 4.79 Å². The lowest BCUT2D eigenvalue weighted by Gasteiger charge is -2.11. The van der Waals surface area contributed by atoms with Crippen LogP contribution < -0.4 is 10.1 Å². The van der Waals surface area contributed by atoms with Crippen molar-refractivity contribution in [1.29, 1.82) is 0 Å². The summed E-state index contributed by atoms with van der Waals surface area (Å²) >= 11 is 0. The Bertz CT molecular complexity index is 755. The molecular formula is C19H15NO2. The molecule has 0 aliphatic carbocycles. The minimum Gasteiger partial charge on any atom is -0.423 e. The van der Waals surface area contributed by atoms with Gasteiger partial charge in [0, 0.05) is 5.69 Å². The first-order valence-corrected chi connectivity index (χ1v) is 7.01. The molecule has 0 heterocycles. The number of carbonyl (C=O) groups is 1. The molecule has 0 fully saturated rings. The predicted octanol–water partition coefficient (Wildman–Crippen LogP) is 4.65. The lowest BCUT2D eigenvalue weighted by molar-refractivity contribution is 0.0736. The number of hydrogen-bond acceptors (Lipinski definition) is 3. The van der Waals surface area contributed by atoms with Crippen molar-refractivity contribution in [2.45, 2.75) is 0 Å². The van der Waals surface area contributed by atoms with Crippen molar-refractivity contribution in [3.63, 3.8) is 0 Å². The van der Waals surface area contributed by atoms with Gasteiger partial charge in [-0.2, -0.15) is 0 Å². The van der Waals surface area contributed by atoms with Gasteiger partial charge in [0.15, 0.2) is 0 Å². The van der Waals surface area contributed by atoms with E-state index in [0.717, 1.165) is 11.4 Å². The van der Waals surface area contributed by atoms with Gasteiger partial charge in [-0.05, 0) is 36.4 Å². The van der Waals surface area contributed by atoms with Crippen molar-refractivity contribution in [2.75, 3.05) is 5.32 Å². The van der Waals surface area contributed by atoms with Gasteiger partial charge in [0.1, 0.15) is 5.75 Å². The molecule has 3 nitrogen and oxygen atoms in total. The molecule has 3 rings (SSSR count). The number of ether oxygens (including phenoxy) is 1. The normalized spacial score (nSPS) is 10.0. The van der Waals surface area contributed by atoms with E-state index in [4.69, 9.17) is 4.74 Å². The fourth-order valence-corrected chi connectivity index (χ4v) is 2.10. The molecule has 3 aromatic carbocycles. The minimum atomic E-state index is -0.384. The van der Waals surface area contributed by atoms with Crippen LogP contribution in [0, 0.1) is 0 Å². The van der Waals surface area contributed by atoms with E-state index in [1.807, 2.05) is 66.7 Å². The number of carbonyl (C=O) groups excluding carboxylic acids is 1. The van der Waals surface area contributed by atoms with Crippen LogP contribution in [0.1, 0.15) is 10.4 Å². The Morgan fingerprint density at radius 3 is 2.05 bits per heavy atom. The fourth-order valence-electron chi connectivity index (χ4n) is 2.10. The summed E-state index contributed by atoms with van der Waals surface area (Å²) in [6.07, 6.45) is 0. The summed E-state index contributed by atoms with van der Waals surface area (Å²) in [5.41, 5.74) is 2.13. The third-order valence-electron chi connectivity index (χ3n) is 3.15. The van der Waals surface area contributed by atoms with Crippen LogP contribution in [0.5, 0.6) is 5.75 Å². The van der Waals surface area contributed by atoms with Gasteiger partial charge in [0.25, 0.3) is 0 Å². The second-order valence-electron chi connectivity index (χ2n) is 4.74. The Balaban J connectivity index is 1.83. The first kappa shape index (κ1) is 13.9. The van der Waals surface area contributed by atoms with Crippen molar-refractivity contribution in [2.24, 2.45) is 0 Å². The van der Waals surface area contributed by atoms with E-state index in [-0.39, 0.29) is 5.97 Å². The van der Waals surface area contributed by atoms with Crippen LogP contribution in [0.4, 0.5) is 11.4 Å². The van der Waals surface area contributed by atoms with Gasteiger partial charge in [-0.25, -0.2) is 4.79 Å². The van der Waals surface area contributed by atoms with E-state index in [0.29, 0.717) is 11.3 Å². The summed E-state index contributed by atoms with van der Waals surface area (Å²) in [7, 11) is 0. The summed E-state index contributed by atoms with van der Waals surface area (Å²) in [6, 6.07) is 26.1. The summed E-state index contributed by atoms with van der Waals surface area (Å²) in [5, 5.41) is 3.24. The highest BCUT2D eigenvalue weighted by Crippen LogP contribution is 2.22. The monoisotopic (exact) mass is 289 g/mol. The predicted molar refractivity (Wildman–Crippen MR) is 87.6 cm³/mol. The third-order valence-corrected chi connectivity index (χ3v) is 3.15. The van der Waals surface area contributed by atoms with Crippen LogP contribution in [0.3, 0.4) is 0 Å². The maximum atomic E-state index is 12.4. The average Bonchev–Trinajstić information content (AvgIpc) is 2.57. The third kappa shape index (κ3) is 3.33. The fraction of sp³-hybridized carbons (Fsp3) is 0. The lowest BCUT2D eigenvalue weighted by atomic mass is 10.1. The maximum Gasteiger partial charge on any atom is 0.345 e. The minimum absolute atomic E-state index is 0.384. The van der Waals surface area contributed by atoms with Crippen LogP contribution in [0.2, 0.25) is 0 Å². The first-order chi connectivity index (χ1) is 10.8. The highest BCUT2D eigenvalue weighted by Gasteiger charge is 2.13. The number of nitrogens with one attached hydrogen (secondary N) is 1. The molecule has 0 atom stereocenters. The van der Waals surface area contributed by atoms with E-state index < -0.39 is 0 Å². The van der Waals surface area contributed by atoms with Crippen LogP contribution in [-0.2, 0) is 0 Å². The second kappa shape index (κ2) is 6.59. The number of hydrogen-bond donors (Lipinski definition) is 1. The molecular weight excluding hydrogens is 274 g/mol. The molecule has 0 aliphatic rings. The highest BCUT2D eigenvalue weighted by molar-refractivity contribution is 5.97. The Hall–Kier alpha value is -3.07. The molecule has 0 aromatic heterocycles. The summed E-state index contributed by atoms with van der Waals surface area (Å²) in [5.74, 6) is 0.146. The second-order valence-corrected chi connectivity index (χ2v) is 4.74. The number of rotatable bonds is 4. The van der Waals surface area contributed by atoms with Crippen molar-refractivity contribution in [1.82, 2.24) is 0 Å². The zero-order valence-corrected chi connectivity index (χ0v) is 11.9. The van der Waals surface area contributed by atoms with Gasteiger partial charge in [0.2, 0.25) is 0 Å². The molecule has 0 bridgehead atoms. The molecule has 3 heteroatoms. The quantitative estimate of drug-likeness (QED) is 0.561. The van der Waals surface area contributed by atoms with Gasteiger partial charge >= 0.3 is 5.97 Å². The van der Waals surface area contributed by atoms with Gasteiger partial charge in [-0.1, -0.05) is 48.5 Å². The zero-order chi connectivity index (χ0) is 15.2. The molecule has 0 radical (unpaired) electrons. The van der Waals surface area contributed by atoms with E-state index in [1.165, 1.54) is 0 Å². The Morgan fingerprint density at radius 2 is 1.32 bits per heavy atom. The largest absolute Gasteiger partial charge is 0.423 e. The molecule has 0 unspecified atom stereocenters. The molecule has 3 aromatic rings. The molecule has 0 saturated heterocycles. The smallest absolute Gasteiger partial charge is 0.345 e. The Morgan fingerprint density at radius 1 is 0.727 bits per heavy atom. The van der Waals surface area contributed by atoms with Gasteiger partial charge in [0.05, 0.1) is 11.3 Å².